The van der Waals surface area contributed by atoms with Crippen molar-refractivity contribution in [2.75, 3.05) is 7.11 Å². The molecule has 3 rings (SSSR count). The van der Waals surface area contributed by atoms with Crippen LogP contribution in [0.2, 0.25) is 0 Å². The SMILES string of the molecule is COc1cccc(-c2nc(COC(=O)c3cccc([N+](=O)[O-])c3C)cs2)c1. The normalized spacial score (nSPS) is 10.4. The summed E-state index contributed by atoms with van der Waals surface area (Å²) in [5, 5.41) is 13.6. The highest BCUT2D eigenvalue weighted by Gasteiger charge is 2.19. The lowest BCUT2D eigenvalue weighted by atomic mass is 10.1. The van der Waals surface area contributed by atoms with Crippen LogP contribution in [0.3, 0.4) is 0 Å². The fourth-order valence-corrected chi connectivity index (χ4v) is 3.32. The van der Waals surface area contributed by atoms with Crippen LogP contribution in [-0.2, 0) is 11.3 Å². The molecule has 8 heteroatoms. The van der Waals surface area contributed by atoms with E-state index in [0.717, 1.165) is 16.3 Å². The van der Waals surface area contributed by atoms with Gasteiger partial charge in [0.15, 0.2) is 0 Å². The third kappa shape index (κ3) is 4.12. The van der Waals surface area contributed by atoms with E-state index in [9.17, 15) is 14.9 Å². The molecule has 0 aliphatic carbocycles. The molecular weight excluding hydrogens is 368 g/mol. The van der Waals surface area contributed by atoms with Gasteiger partial charge in [0.05, 0.1) is 23.3 Å². The number of aromatic nitrogens is 1. The van der Waals surface area contributed by atoms with Crippen molar-refractivity contribution in [2.45, 2.75) is 13.5 Å². The summed E-state index contributed by atoms with van der Waals surface area (Å²) in [7, 11) is 1.60. The Kier molecular flexibility index (Phi) is 5.46. The van der Waals surface area contributed by atoms with Crippen molar-refractivity contribution in [1.29, 1.82) is 0 Å². The highest BCUT2D eigenvalue weighted by Crippen LogP contribution is 2.27. The van der Waals surface area contributed by atoms with E-state index < -0.39 is 10.9 Å². The molecule has 0 N–H and O–H groups in total. The number of benzene rings is 2. The molecule has 138 valence electrons. The Hall–Kier alpha value is -3.26. The number of carbonyl (C=O) groups excluding carboxylic acids is 1. The monoisotopic (exact) mass is 384 g/mol. The maximum Gasteiger partial charge on any atom is 0.339 e. The third-order valence-electron chi connectivity index (χ3n) is 3.94. The summed E-state index contributed by atoms with van der Waals surface area (Å²) >= 11 is 1.43. The van der Waals surface area contributed by atoms with Gasteiger partial charge in [0.1, 0.15) is 17.4 Å². The molecule has 2 aromatic carbocycles. The molecule has 1 aromatic heterocycles. The van der Waals surface area contributed by atoms with Gasteiger partial charge < -0.3 is 9.47 Å². The summed E-state index contributed by atoms with van der Waals surface area (Å²) in [5.41, 5.74) is 1.86. The van der Waals surface area contributed by atoms with E-state index >= 15 is 0 Å². The van der Waals surface area contributed by atoms with E-state index in [1.165, 1.54) is 36.5 Å². The second-order valence-corrected chi connectivity index (χ2v) is 6.52. The number of esters is 1. The number of thiazole rings is 1. The van der Waals surface area contributed by atoms with Crippen LogP contribution in [-0.4, -0.2) is 23.0 Å². The van der Waals surface area contributed by atoms with Crippen LogP contribution >= 0.6 is 11.3 Å². The van der Waals surface area contributed by atoms with Crippen LogP contribution in [0.1, 0.15) is 21.6 Å². The van der Waals surface area contributed by atoms with Gasteiger partial charge in [-0.3, -0.25) is 10.1 Å². The second-order valence-electron chi connectivity index (χ2n) is 5.66. The number of hydrogen-bond donors (Lipinski definition) is 0. The van der Waals surface area contributed by atoms with Crippen molar-refractivity contribution in [1.82, 2.24) is 4.98 Å². The average Bonchev–Trinajstić information content (AvgIpc) is 3.15. The maximum absolute atomic E-state index is 12.3. The molecule has 0 aliphatic heterocycles. The lowest BCUT2D eigenvalue weighted by Crippen LogP contribution is -2.08. The first-order chi connectivity index (χ1) is 13.0. The number of hydrogen-bond acceptors (Lipinski definition) is 7. The topological polar surface area (TPSA) is 91.6 Å². The Balaban J connectivity index is 1.71. The van der Waals surface area contributed by atoms with Gasteiger partial charge in [-0.05, 0) is 25.1 Å². The molecule has 0 spiro atoms. The maximum atomic E-state index is 12.3. The summed E-state index contributed by atoms with van der Waals surface area (Å²) in [6.07, 6.45) is 0. The van der Waals surface area contributed by atoms with E-state index in [0.29, 0.717) is 5.69 Å². The predicted molar refractivity (Wildman–Crippen MR) is 101 cm³/mol. The minimum absolute atomic E-state index is 0.0125. The van der Waals surface area contributed by atoms with Crippen molar-refractivity contribution in [3.8, 4) is 16.3 Å². The largest absolute Gasteiger partial charge is 0.497 e. The smallest absolute Gasteiger partial charge is 0.339 e. The number of methoxy groups -OCH3 is 1. The quantitative estimate of drug-likeness (QED) is 0.355. The first-order valence-electron chi connectivity index (χ1n) is 7.99. The standard InChI is InChI=1S/C19H16N2O5S/c1-12-16(7-4-8-17(12)21(23)24)19(22)26-10-14-11-27-18(20-14)13-5-3-6-15(9-13)25-2/h3-9,11H,10H2,1-2H3. The fraction of sp³-hybridized carbons (Fsp3) is 0.158. The number of carbonyl (C=O) groups is 1. The highest BCUT2D eigenvalue weighted by molar-refractivity contribution is 7.13. The molecule has 3 aromatic rings. The molecule has 0 bridgehead atoms. The average molecular weight is 384 g/mol. The molecule has 0 atom stereocenters. The molecule has 1 heterocycles. The summed E-state index contributed by atoms with van der Waals surface area (Å²) in [4.78, 5) is 27.2. The first-order valence-corrected chi connectivity index (χ1v) is 8.87. The summed E-state index contributed by atoms with van der Waals surface area (Å²) < 4.78 is 10.5. The molecule has 0 amide bonds. The Labute approximate surface area is 159 Å². The molecule has 7 nitrogen and oxygen atoms in total. The Bertz CT molecular complexity index is 999. The second kappa shape index (κ2) is 7.96. The van der Waals surface area contributed by atoms with Gasteiger partial charge in [0.25, 0.3) is 5.69 Å². The van der Waals surface area contributed by atoms with E-state index in [2.05, 4.69) is 4.98 Å². The predicted octanol–water partition coefficient (Wildman–Crippen LogP) is 4.39. The van der Waals surface area contributed by atoms with Crippen LogP contribution in [0.25, 0.3) is 10.6 Å². The highest BCUT2D eigenvalue weighted by atomic mass is 32.1. The molecule has 0 radical (unpaired) electrons. The van der Waals surface area contributed by atoms with E-state index in [1.807, 2.05) is 29.6 Å². The lowest BCUT2D eigenvalue weighted by molar-refractivity contribution is -0.385. The van der Waals surface area contributed by atoms with Crippen LogP contribution in [0.4, 0.5) is 5.69 Å². The van der Waals surface area contributed by atoms with Gasteiger partial charge in [-0.2, -0.15) is 0 Å². The van der Waals surface area contributed by atoms with Crippen LogP contribution < -0.4 is 4.74 Å². The van der Waals surface area contributed by atoms with Gasteiger partial charge in [-0.15, -0.1) is 11.3 Å². The lowest BCUT2D eigenvalue weighted by Gasteiger charge is -2.06. The van der Waals surface area contributed by atoms with E-state index in [4.69, 9.17) is 9.47 Å². The number of nitrogens with zero attached hydrogens (tertiary/aromatic N) is 2. The van der Waals surface area contributed by atoms with Crippen molar-refractivity contribution in [3.63, 3.8) is 0 Å². The van der Waals surface area contributed by atoms with Crippen molar-refractivity contribution < 1.29 is 19.2 Å². The first kappa shape index (κ1) is 18.5. The fourth-order valence-electron chi connectivity index (χ4n) is 2.52. The van der Waals surface area contributed by atoms with Crippen LogP contribution in [0.15, 0.2) is 47.8 Å². The van der Waals surface area contributed by atoms with Crippen LogP contribution in [0.5, 0.6) is 5.75 Å². The van der Waals surface area contributed by atoms with Gasteiger partial charge in [0, 0.05) is 22.6 Å². The number of nitro benzene ring substituents is 1. The van der Waals surface area contributed by atoms with Crippen LogP contribution in [0, 0.1) is 17.0 Å². The number of rotatable bonds is 6. The Morgan fingerprint density at radius 2 is 2.04 bits per heavy atom. The third-order valence-corrected chi connectivity index (χ3v) is 4.88. The van der Waals surface area contributed by atoms with Gasteiger partial charge in [0.2, 0.25) is 0 Å². The van der Waals surface area contributed by atoms with Crippen molar-refractivity contribution >= 4 is 23.0 Å². The minimum atomic E-state index is -0.618. The molecule has 27 heavy (non-hydrogen) atoms. The summed E-state index contributed by atoms with van der Waals surface area (Å²) in [6.45, 7) is 1.51. The van der Waals surface area contributed by atoms with Gasteiger partial charge >= 0.3 is 5.97 Å². The zero-order valence-corrected chi connectivity index (χ0v) is 15.5. The molecule has 0 unspecified atom stereocenters. The zero-order chi connectivity index (χ0) is 19.4. The Morgan fingerprint density at radius 1 is 1.26 bits per heavy atom. The van der Waals surface area contributed by atoms with Crippen molar-refractivity contribution in [2.24, 2.45) is 0 Å². The van der Waals surface area contributed by atoms with Crippen molar-refractivity contribution in [3.05, 3.63) is 74.8 Å². The zero-order valence-electron chi connectivity index (χ0n) is 14.7. The minimum Gasteiger partial charge on any atom is -0.497 e. The summed E-state index contributed by atoms with van der Waals surface area (Å²) in [5.74, 6) is 0.115. The molecule has 0 saturated carbocycles. The summed E-state index contributed by atoms with van der Waals surface area (Å²) in [6, 6.07) is 11.8. The molecular formula is C19H16N2O5S. The number of ether oxygens (including phenoxy) is 2. The molecule has 0 fully saturated rings. The molecule has 0 aliphatic rings. The van der Waals surface area contributed by atoms with E-state index in [-0.39, 0.29) is 23.4 Å². The van der Waals surface area contributed by atoms with Gasteiger partial charge in [-0.25, -0.2) is 9.78 Å². The molecule has 0 saturated heterocycles. The Morgan fingerprint density at radius 3 is 2.78 bits per heavy atom. The number of nitro groups is 1. The van der Waals surface area contributed by atoms with Gasteiger partial charge in [-0.1, -0.05) is 18.2 Å². The van der Waals surface area contributed by atoms with E-state index in [1.54, 1.807) is 7.11 Å².